The van der Waals surface area contributed by atoms with Crippen molar-refractivity contribution in [2.24, 2.45) is 0 Å². The minimum atomic E-state index is -0.828. The normalized spacial score (nSPS) is 17.7. The topological polar surface area (TPSA) is 97.8 Å². The van der Waals surface area contributed by atoms with Crippen molar-refractivity contribution in [2.75, 3.05) is 47.0 Å². The van der Waals surface area contributed by atoms with Crippen LogP contribution in [0.2, 0.25) is 0 Å². The molecular formula is C32H34N2O7. The second-order valence-electron chi connectivity index (χ2n) is 10.1. The Hall–Kier alpha value is -4.50. The Bertz CT molecular complexity index is 1450. The van der Waals surface area contributed by atoms with E-state index in [4.69, 9.17) is 18.9 Å². The number of fused-ring (bicyclic) bond motifs is 1. The molecule has 2 aliphatic rings. The SMILES string of the molecule is CCOc1cc(C2/C(=C(\O)c3ccc4c(c3)OCCO4)C(=O)C(=O)N2CCN(C)C)ccc1OCc1ccccc1. The molecule has 3 aromatic rings. The predicted octanol–water partition coefficient (Wildman–Crippen LogP) is 4.42. The monoisotopic (exact) mass is 558 g/mol. The highest BCUT2D eigenvalue weighted by Crippen LogP contribution is 2.43. The predicted molar refractivity (Wildman–Crippen MR) is 153 cm³/mol. The number of carbonyl (C=O) groups excluding carboxylic acids is 2. The van der Waals surface area contributed by atoms with Gasteiger partial charge in [-0.2, -0.15) is 0 Å². The number of amides is 1. The van der Waals surface area contributed by atoms with Gasteiger partial charge in [0.15, 0.2) is 23.0 Å². The number of ketones is 1. The first-order valence-corrected chi connectivity index (χ1v) is 13.6. The summed E-state index contributed by atoms with van der Waals surface area (Å²) in [7, 11) is 3.79. The number of benzene rings is 3. The van der Waals surface area contributed by atoms with Gasteiger partial charge in [0, 0.05) is 18.7 Å². The zero-order valence-corrected chi connectivity index (χ0v) is 23.5. The first-order chi connectivity index (χ1) is 19.9. The molecule has 0 saturated carbocycles. The van der Waals surface area contributed by atoms with E-state index in [1.807, 2.05) is 56.3 Å². The van der Waals surface area contributed by atoms with E-state index in [0.717, 1.165) is 5.56 Å². The number of likely N-dealkylation sites (tertiary alicyclic amines) is 1. The van der Waals surface area contributed by atoms with Crippen LogP contribution >= 0.6 is 0 Å². The van der Waals surface area contributed by atoms with Crippen LogP contribution in [0.1, 0.15) is 29.7 Å². The van der Waals surface area contributed by atoms with Crippen LogP contribution in [0.5, 0.6) is 23.0 Å². The number of Topliss-reactive ketones (excluding diaryl/α,β-unsaturated/α-hetero) is 1. The maximum absolute atomic E-state index is 13.5. The molecule has 0 bridgehead atoms. The van der Waals surface area contributed by atoms with E-state index >= 15 is 0 Å². The quantitative estimate of drug-likeness (QED) is 0.222. The molecule has 1 amide bonds. The van der Waals surface area contributed by atoms with Crippen molar-refractivity contribution >= 4 is 17.4 Å². The fourth-order valence-electron chi connectivity index (χ4n) is 4.93. The Morgan fingerprint density at radius 2 is 1.71 bits per heavy atom. The minimum Gasteiger partial charge on any atom is -0.507 e. The number of ether oxygens (including phenoxy) is 4. The molecule has 9 nitrogen and oxygen atoms in total. The molecule has 1 atom stereocenters. The summed E-state index contributed by atoms with van der Waals surface area (Å²) >= 11 is 0. The van der Waals surface area contributed by atoms with Gasteiger partial charge < -0.3 is 33.9 Å². The van der Waals surface area contributed by atoms with Gasteiger partial charge in [-0.1, -0.05) is 36.4 Å². The van der Waals surface area contributed by atoms with Gasteiger partial charge in [0.05, 0.1) is 18.2 Å². The van der Waals surface area contributed by atoms with Crippen molar-refractivity contribution in [3.8, 4) is 23.0 Å². The first kappa shape index (κ1) is 28.0. The molecule has 41 heavy (non-hydrogen) atoms. The molecule has 214 valence electrons. The molecular weight excluding hydrogens is 524 g/mol. The summed E-state index contributed by atoms with van der Waals surface area (Å²) < 4.78 is 23.3. The standard InChI is InChI=1S/C32H34N2O7/c1-4-38-26-18-22(10-12-25(26)41-20-21-8-6-5-7-9-21)29-28(31(36)32(37)34(29)15-14-33(2)3)30(35)23-11-13-24-27(19-23)40-17-16-39-24/h5-13,18-19,29,35H,4,14-17,20H2,1-3H3/b30-28+. The molecule has 0 radical (unpaired) electrons. The summed E-state index contributed by atoms with van der Waals surface area (Å²) in [4.78, 5) is 30.2. The number of carbonyl (C=O) groups is 2. The van der Waals surface area contributed by atoms with E-state index in [1.54, 1.807) is 36.4 Å². The smallest absolute Gasteiger partial charge is 0.295 e. The fraction of sp³-hybridized carbons (Fsp3) is 0.312. The van der Waals surface area contributed by atoms with Gasteiger partial charge in [0.25, 0.3) is 11.7 Å². The molecule has 0 spiro atoms. The highest BCUT2D eigenvalue weighted by molar-refractivity contribution is 6.46. The molecule has 1 fully saturated rings. The van der Waals surface area contributed by atoms with E-state index in [2.05, 4.69) is 0 Å². The van der Waals surface area contributed by atoms with Crippen molar-refractivity contribution in [3.63, 3.8) is 0 Å². The lowest BCUT2D eigenvalue weighted by Crippen LogP contribution is -2.35. The lowest BCUT2D eigenvalue weighted by atomic mass is 9.94. The van der Waals surface area contributed by atoms with Crippen LogP contribution in [-0.4, -0.2) is 73.6 Å². The third-order valence-electron chi connectivity index (χ3n) is 6.96. The van der Waals surface area contributed by atoms with Gasteiger partial charge in [-0.25, -0.2) is 0 Å². The number of rotatable bonds is 10. The summed E-state index contributed by atoms with van der Waals surface area (Å²) in [6.45, 7) is 4.25. The molecule has 1 N–H and O–H groups in total. The Morgan fingerprint density at radius 1 is 0.951 bits per heavy atom. The molecule has 0 aliphatic carbocycles. The van der Waals surface area contributed by atoms with Gasteiger partial charge in [-0.05, 0) is 62.5 Å². The maximum Gasteiger partial charge on any atom is 0.295 e. The van der Waals surface area contributed by atoms with Gasteiger partial charge >= 0.3 is 0 Å². The molecule has 1 saturated heterocycles. The second-order valence-corrected chi connectivity index (χ2v) is 10.1. The summed E-state index contributed by atoms with van der Waals surface area (Å²) in [5.74, 6) is 0.359. The van der Waals surface area contributed by atoms with Crippen LogP contribution < -0.4 is 18.9 Å². The van der Waals surface area contributed by atoms with Crippen LogP contribution in [0.3, 0.4) is 0 Å². The summed E-state index contributed by atoms with van der Waals surface area (Å²) in [6, 6.07) is 19.3. The third-order valence-corrected chi connectivity index (χ3v) is 6.96. The van der Waals surface area contributed by atoms with Gasteiger partial charge in [0.2, 0.25) is 0 Å². The second kappa shape index (κ2) is 12.3. The number of likely N-dealkylation sites (N-methyl/N-ethyl adjacent to an activating group) is 1. The van der Waals surface area contributed by atoms with Crippen molar-refractivity contribution in [1.82, 2.24) is 9.80 Å². The fourth-order valence-corrected chi connectivity index (χ4v) is 4.93. The average molecular weight is 559 g/mol. The first-order valence-electron chi connectivity index (χ1n) is 13.6. The average Bonchev–Trinajstić information content (AvgIpc) is 3.24. The van der Waals surface area contributed by atoms with Gasteiger partial charge in [0.1, 0.15) is 25.6 Å². The maximum atomic E-state index is 13.5. The van der Waals surface area contributed by atoms with Crippen LogP contribution in [0.25, 0.3) is 5.76 Å². The van der Waals surface area contributed by atoms with E-state index in [9.17, 15) is 14.7 Å². The van der Waals surface area contributed by atoms with Crippen molar-refractivity contribution in [2.45, 2.75) is 19.6 Å². The molecule has 0 aromatic heterocycles. The van der Waals surface area contributed by atoms with Crippen LogP contribution in [-0.2, 0) is 16.2 Å². The zero-order valence-electron chi connectivity index (χ0n) is 23.5. The van der Waals surface area contributed by atoms with E-state index in [1.165, 1.54) is 4.90 Å². The van der Waals surface area contributed by atoms with Gasteiger partial charge in [-0.3, -0.25) is 9.59 Å². The molecule has 5 rings (SSSR count). The zero-order chi connectivity index (χ0) is 28.9. The number of hydrogen-bond donors (Lipinski definition) is 1. The van der Waals surface area contributed by atoms with Crippen molar-refractivity contribution in [3.05, 3.63) is 89.0 Å². The highest BCUT2D eigenvalue weighted by atomic mass is 16.6. The lowest BCUT2D eigenvalue weighted by Gasteiger charge is -2.27. The number of nitrogens with zero attached hydrogens (tertiary/aromatic N) is 2. The molecule has 1 unspecified atom stereocenters. The molecule has 9 heteroatoms. The largest absolute Gasteiger partial charge is 0.507 e. The highest BCUT2D eigenvalue weighted by Gasteiger charge is 2.46. The van der Waals surface area contributed by atoms with E-state index in [0.29, 0.717) is 67.1 Å². The summed E-state index contributed by atoms with van der Waals surface area (Å²) in [5, 5.41) is 11.5. The number of aliphatic hydroxyl groups is 1. The molecule has 3 aromatic carbocycles. The van der Waals surface area contributed by atoms with Gasteiger partial charge in [-0.15, -0.1) is 0 Å². The summed E-state index contributed by atoms with van der Waals surface area (Å²) in [6.07, 6.45) is 0. The lowest BCUT2D eigenvalue weighted by molar-refractivity contribution is -0.140. The Labute approximate surface area is 239 Å². The molecule has 2 aliphatic heterocycles. The molecule has 2 heterocycles. The Kier molecular flexibility index (Phi) is 8.45. The van der Waals surface area contributed by atoms with E-state index < -0.39 is 17.7 Å². The Balaban J connectivity index is 1.56. The van der Waals surface area contributed by atoms with Crippen LogP contribution in [0.4, 0.5) is 0 Å². The van der Waals surface area contributed by atoms with Crippen LogP contribution in [0, 0.1) is 0 Å². The van der Waals surface area contributed by atoms with Crippen molar-refractivity contribution < 1.29 is 33.6 Å². The Morgan fingerprint density at radius 3 is 2.44 bits per heavy atom. The minimum absolute atomic E-state index is 0.00540. The number of aliphatic hydroxyl groups excluding tert-OH is 1. The summed E-state index contributed by atoms with van der Waals surface area (Å²) in [5.41, 5.74) is 2.00. The third kappa shape index (κ3) is 6.00. The van der Waals surface area contributed by atoms with Crippen molar-refractivity contribution in [1.29, 1.82) is 0 Å². The van der Waals surface area contributed by atoms with E-state index in [-0.39, 0.29) is 17.9 Å². The van der Waals surface area contributed by atoms with Crippen LogP contribution in [0.15, 0.2) is 72.3 Å². The number of hydrogen-bond acceptors (Lipinski definition) is 8.